The van der Waals surface area contributed by atoms with Gasteiger partial charge in [-0.15, -0.1) is 11.3 Å². The Kier molecular flexibility index (Phi) is 6.09. The maximum atomic E-state index is 12.4. The zero-order valence-electron chi connectivity index (χ0n) is 16.7. The van der Waals surface area contributed by atoms with Gasteiger partial charge in [0, 0.05) is 23.9 Å². The van der Waals surface area contributed by atoms with Gasteiger partial charge in [0.1, 0.15) is 5.75 Å². The van der Waals surface area contributed by atoms with E-state index in [1.807, 2.05) is 41.8 Å². The molecular weight excluding hydrogens is 400 g/mol. The monoisotopic (exact) mass is 422 g/mol. The lowest BCUT2D eigenvalue weighted by molar-refractivity contribution is -0.142. The van der Waals surface area contributed by atoms with Gasteiger partial charge in [0.2, 0.25) is 0 Å². The molecule has 0 spiro atoms. The van der Waals surface area contributed by atoms with Gasteiger partial charge in [-0.3, -0.25) is 9.59 Å². The third kappa shape index (κ3) is 4.52. The molecule has 0 fully saturated rings. The molecule has 7 heteroatoms. The predicted molar refractivity (Wildman–Crippen MR) is 116 cm³/mol. The Bertz CT molecular complexity index is 1050. The number of fused-ring (bicyclic) bond motifs is 1. The number of anilines is 1. The summed E-state index contributed by atoms with van der Waals surface area (Å²) < 4.78 is 10.6. The van der Waals surface area contributed by atoms with Crippen LogP contribution in [0.2, 0.25) is 0 Å². The van der Waals surface area contributed by atoms with Crippen LogP contribution in [0.15, 0.2) is 53.9 Å². The Morgan fingerprint density at radius 3 is 2.87 bits per heavy atom. The van der Waals surface area contributed by atoms with Crippen LogP contribution in [0, 0.1) is 0 Å². The van der Waals surface area contributed by atoms with Crippen LogP contribution in [0.3, 0.4) is 0 Å². The molecule has 4 rings (SSSR count). The van der Waals surface area contributed by atoms with E-state index in [-0.39, 0.29) is 31.4 Å². The summed E-state index contributed by atoms with van der Waals surface area (Å²) in [6, 6.07) is 15.9. The Morgan fingerprint density at radius 1 is 1.23 bits per heavy atom. The van der Waals surface area contributed by atoms with E-state index < -0.39 is 0 Å². The third-order valence-corrected chi connectivity index (χ3v) is 5.64. The minimum Gasteiger partial charge on any atom is -0.482 e. The van der Waals surface area contributed by atoms with Crippen LogP contribution in [-0.2, 0) is 20.7 Å². The largest absolute Gasteiger partial charge is 0.482 e. The highest BCUT2D eigenvalue weighted by Crippen LogP contribution is 2.36. The average Bonchev–Trinajstić information content (AvgIpc) is 3.22. The fourth-order valence-corrected chi connectivity index (χ4v) is 4.18. The molecule has 1 amide bonds. The van der Waals surface area contributed by atoms with Crippen molar-refractivity contribution in [2.75, 3.05) is 24.7 Å². The zero-order valence-corrected chi connectivity index (χ0v) is 17.5. The number of carbonyl (C=O) groups excluding carboxylic acids is 2. The highest BCUT2D eigenvalue weighted by Gasteiger charge is 2.26. The van der Waals surface area contributed by atoms with Gasteiger partial charge in [-0.25, -0.2) is 4.98 Å². The topological polar surface area (TPSA) is 68.7 Å². The molecule has 6 nitrogen and oxygen atoms in total. The van der Waals surface area contributed by atoms with Crippen LogP contribution >= 0.6 is 11.3 Å². The molecule has 0 saturated carbocycles. The second kappa shape index (κ2) is 9.09. The summed E-state index contributed by atoms with van der Waals surface area (Å²) in [6.45, 7) is 2.31. The maximum absolute atomic E-state index is 12.4. The van der Waals surface area contributed by atoms with Gasteiger partial charge in [0.15, 0.2) is 6.61 Å². The molecule has 0 bridgehead atoms. The first-order chi connectivity index (χ1) is 14.6. The van der Waals surface area contributed by atoms with Gasteiger partial charge in [-0.2, -0.15) is 0 Å². The quantitative estimate of drug-likeness (QED) is 0.537. The molecule has 2 aromatic carbocycles. The lowest BCUT2D eigenvalue weighted by atomic mass is 10.1. The van der Waals surface area contributed by atoms with Crippen LogP contribution < -0.4 is 9.64 Å². The predicted octanol–water partition coefficient (Wildman–Crippen LogP) is 4.08. The number of amides is 1. The Balaban J connectivity index is 1.55. The summed E-state index contributed by atoms with van der Waals surface area (Å²) in [5.41, 5.74) is 3.64. The van der Waals surface area contributed by atoms with E-state index in [2.05, 4.69) is 12.1 Å². The van der Waals surface area contributed by atoms with Crippen molar-refractivity contribution in [2.24, 2.45) is 0 Å². The average molecular weight is 423 g/mol. The third-order valence-electron chi connectivity index (χ3n) is 4.79. The van der Waals surface area contributed by atoms with Crippen LogP contribution in [0.5, 0.6) is 5.75 Å². The summed E-state index contributed by atoms with van der Waals surface area (Å²) in [7, 11) is 0. The lowest BCUT2D eigenvalue weighted by Gasteiger charge is -2.29. The molecule has 1 aromatic heterocycles. The summed E-state index contributed by atoms with van der Waals surface area (Å²) in [6.07, 6.45) is 0.922. The highest BCUT2D eigenvalue weighted by atomic mass is 32.1. The lowest BCUT2D eigenvalue weighted by Crippen LogP contribution is -2.40. The summed E-state index contributed by atoms with van der Waals surface area (Å²) in [5.74, 6) is 0.133. The number of ether oxygens (including phenoxy) is 2. The smallest absolute Gasteiger partial charge is 0.307 e. The van der Waals surface area contributed by atoms with Gasteiger partial charge in [-0.1, -0.05) is 30.3 Å². The van der Waals surface area contributed by atoms with Gasteiger partial charge in [0.25, 0.3) is 5.91 Å². The number of benzene rings is 2. The van der Waals surface area contributed by atoms with Crippen molar-refractivity contribution in [3.63, 3.8) is 0 Å². The normalized spacial score (nSPS) is 13.0. The van der Waals surface area contributed by atoms with E-state index >= 15 is 0 Å². The fourth-order valence-electron chi connectivity index (χ4n) is 3.34. The van der Waals surface area contributed by atoms with Crippen LogP contribution in [0.25, 0.3) is 11.3 Å². The fraction of sp³-hybridized carbons (Fsp3) is 0.261. The van der Waals surface area contributed by atoms with Gasteiger partial charge in [0.05, 0.1) is 29.4 Å². The Hall–Kier alpha value is -3.19. The minimum atomic E-state index is -0.320. The number of hydrogen-bond acceptors (Lipinski definition) is 6. The van der Waals surface area contributed by atoms with E-state index in [0.717, 1.165) is 22.7 Å². The zero-order chi connectivity index (χ0) is 20.9. The molecule has 154 valence electrons. The van der Waals surface area contributed by atoms with Crippen LogP contribution in [-0.4, -0.2) is 36.6 Å². The number of carbonyl (C=O) groups is 2. The molecule has 1 aliphatic rings. The molecule has 0 N–H and O–H groups in total. The van der Waals surface area contributed by atoms with Gasteiger partial charge in [-0.05, 0) is 30.7 Å². The molecule has 3 aromatic rings. The first-order valence-corrected chi connectivity index (χ1v) is 10.7. The van der Waals surface area contributed by atoms with Crippen molar-refractivity contribution in [1.82, 2.24) is 4.98 Å². The van der Waals surface area contributed by atoms with E-state index in [0.29, 0.717) is 18.0 Å². The van der Waals surface area contributed by atoms with Crippen molar-refractivity contribution in [3.05, 3.63) is 64.5 Å². The van der Waals surface area contributed by atoms with Crippen molar-refractivity contribution in [2.45, 2.75) is 19.8 Å². The molecule has 0 unspecified atom stereocenters. The van der Waals surface area contributed by atoms with Gasteiger partial charge >= 0.3 is 5.97 Å². The van der Waals surface area contributed by atoms with Crippen molar-refractivity contribution < 1.29 is 19.1 Å². The summed E-state index contributed by atoms with van der Waals surface area (Å²) >= 11 is 1.61. The van der Waals surface area contributed by atoms with Crippen molar-refractivity contribution in [1.29, 1.82) is 0 Å². The van der Waals surface area contributed by atoms with Crippen LogP contribution in [0.1, 0.15) is 23.9 Å². The number of hydrogen-bond donors (Lipinski definition) is 0. The standard InChI is InChI=1S/C23H22N2O4S/c1-2-28-23(27)10-11-25-19-13-17(8-9-20(19)29-14-22(25)26)18-15-30-21(24-18)12-16-6-4-3-5-7-16/h3-9,13,15H,2,10-12,14H2,1H3. The Morgan fingerprint density at radius 2 is 2.07 bits per heavy atom. The number of thiazole rings is 1. The van der Waals surface area contributed by atoms with E-state index in [4.69, 9.17) is 14.5 Å². The molecule has 0 saturated heterocycles. The Labute approximate surface area is 179 Å². The minimum absolute atomic E-state index is 0.0346. The van der Waals surface area contributed by atoms with Crippen LogP contribution in [0.4, 0.5) is 5.69 Å². The second-order valence-electron chi connectivity index (χ2n) is 6.86. The summed E-state index contributed by atoms with van der Waals surface area (Å²) in [4.78, 5) is 30.5. The number of esters is 1. The maximum Gasteiger partial charge on any atom is 0.307 e. The number of nitrogens with zero attached hydrogens (tertiary/aromatic N) is 2. The molecule has 0 atom stereocenters. The number of aromatic nitrogens is 1. The highest BCUT2D eigenvalue weighted by molar-refractivity contribution is 7.10. The molecule has 0 aliphatic carbocycles. The molecule has 1 aliphatic heterocycles. The van der Waals surface area contributed by atoms with Crippen molar-refractivity contribution in [3.8, 4) is 17.0 Å². The first kappa shape index (κ1) is 20.1. The van der Waals surface area contributed by atoms with E-state index in [1.165, 1.54) is 5.56 Å². The van der Waals surface area contributed by atoms with Gasteiger partial charge < -0.3 is 14.4 Å². The van der Waals surface area contributed by atoms with Crippen molar-refractivity contribution >= 4 is 28.9 Å². The first-order valence-electron chi connectivity index (χ1n) is 9.85. The molecule has 2 heterocycles. The molecule has 0 radical (unpaired) electrons. The van der Waals surface area contributed by atoms with E-state index in [1.54, 1.807) is 23.2 Å². The molecule has 30 heavy (non-hydrogen) atoms. The second-order valence-corrected chi connectivity index (χ2v) is 7.80. The number of rotatable bonds is 7. The SMILES string of the molecule is CCOC(=O)CCN1C(=O)COc2ccc(-c3csc(Cc4ccccc4)n3)cc21. The van der Waals surface area contributed by atoms with E-state index in [9.17, 15) is 9.59 Å². The summed E-state index contributed by atoms with van der Waals surface area (Å²) in [5, 5.41) is 3.05. The molecular formula is C23H22N2O4S.